The van der Waals surface area contributed by atoms with Gasteiger partial charge in [-0.1, -0.05) is 5.56 Å². The van der Waals surface area contributed by atoms with E-state index < -0.39 is 0 Å². The van der Waals surface area contributed by atoms with Crippen LogP contribution < -0.4 is 0 Å². The summed E-state index contributed by atoms with van der Waals surface area (Å²) >= 11 is 0. The van der Waals surface area contributed by atoms with Gasteiger partial charge in [-0.2, -0.15) is 0 Å². The molecule has 6 heteroatoms. The van der Waals surface area contributed by atoms with Crippen LogP contribution in [0.2, 0.25) is 0 Å². The summed E-state index contributed by atoms with van der Waals surface area (Å²) in [5, 5.41) is 8.26. The molecule has 0 amide bonds. The zero-order valence-electron chi connectivity index (χ0n) is 15.9. The van der Waals surface area contributed by atoms with E-state index in [1.54, 1.807) is 12.1 Å². The molecule has 145 valence electrons. The second kappa shape index (κ2) is 30.2. The van der Waals surface area contributed by atoms with Gasteiger partial charge >= 0.3 is 0 Å². The molecule has 0 fully saturated rings. The van der Waals surface area contributed by atoms with E-state index in [0.29, 0.717) is 5.56 Å². The van der Waals surface area contributed by atoms with Crippen molar-refractivity contribution in [1.82, 2.24) is 0 Å². The van der Waals surface area contributed by atoms with Crippen molar-refractivity contribution in [3.8, 4) is 6.07 Å². The van der Waals surface area contributed by atoms with Crippen LogP contribution in [0.4, 0.5) is 0 Å². The Morgan fingerprint density at radius 2 is 1.18 bits per heavy atom. The molecule has 0 unspecified atom stereocenters. The molecule has 1 nitrogen and oxygen atoms in total. The molecular weight excluding hydrogens is 1100 g/mol. The maximum absolute atomic E-state index is 8.26. The Labute approximate surface area is 253 Å². The molecule has 0 saturated heterocycles. The first kappa shape index (κ1) is 43.0. The van der Waals surface area contributed by atoms with Crippen molar-refractivity contribution in [1.29, 1.82) is 5.26 Å². The molecule has 3 aromatic carbocycles. The fourth-order valence-corrected chi connectivity index (χ4v) is 1.33. The maximum atomic E-state index is 8.26. The van der Waals surface area contributed by atoms with Gasteiger partial charge in [0.2, 0.25) is 0 Å². The fourth-order valence-electron chi connectivity index (χ4n) is 1.33. The van der Waals surface area contributed by atoms with Crippen molar-refractivity contribution in [2.45, 2.75) is 13.8 Å². The van der Waals surface area contributed by atoms with Gasteiger partial charge in [-0.25, -0.2) is 0 Å². The molecule has 0 saturated carbocycles. The Hall–Kier alpha value is 1.01. The van der Waals surface area contributed by atoms with E-state index in [-0.39, 0.29) is 124 Å². The summed E-state index contributed by atoms with van der Waals surface area (Å²) < 4.78 is 0. The molecule has 0 atom stereocenters. The minimum absolute atomic E-state index is 0. The van der Waals surface area contributed by atoms with Gasteiger partial charge in [0.15, 0.2) is 0 Å². The molecule has 3 rings (SSSR count). The van der Waals surface area contributed by atoms with E-state index >= 15 is 0 Å². The summed E-state index contributed by atoms with van der Waals surface area (Å²) in [7, 11) is 0. The molecule has 0 aliphatic rings. The monoisotopic (exact) mass is 1120 g/mol. The van der Waals surface area contributed by atoms with Gasteiger partial charge in [0.25, 0.3) is 0 Å². The minimum Gasteiger partial charge on any atom is -0.358 e. The fraction of sp³-hybridized carbons (Fsp3) is 0.0909. The van der Waals surface area contributed by atoms with Crippen LogP contribution in [0.5, 0.6) is 0 Å². The van der Waals surface area contributed by atoms with Crippen LogP contribution in [-0.4, -0.2) is 0 Å². The first-order valence-corrected chi connectivity index (χ1v) is 6.78. The Morgan fingerprint density at radius 1 is 0.714 bits per heavy atom. The van der Waals surface area contributed by atoms with Crippen LogP contribution in [0.1, 0.15) is 16.7 Å². The van der Waals surface area contributed by atoms with Crippen LogP contribution in [0.25, 0.3) is 0 Å². The number of nitrogens with zero attached hydrogens (tertiary/aromatic N) is 1. The number of hydrogen-bond acceptors (Lipinski definition) is 1. The SMILES string of the molecule is Cc1[c-]cc[c-]c1.Cc1[c-]cc[c-]c1.N#Cc1[c-]cccc1.[CH3-].[W].[W].[W].[W].[Y]. The first-order chi connectivity index (χ1) is 10.7. The summed E-state index contributed by atoms with van der Waals surface area (Å²) in [5.74, 6) is 0. The van der Waals surface area contributed by atoms with Crippen molar-refractivity contribution in [2.75, 3.05) is 0 Å². The van der Waals surface area contributed by atoms with Crippen molar-refractivity contribution < 1.29 is 117 Å². The number of aryl methyl sites for hydroxylation is 2. The predicted octanol–water partition coefficient (Wildman–Crippen LogP) is 4.99. The van der Waals surface area contributed by atoms with E-state index in [2.05, 4.69) is 30.3 Å². The Kier molecular flexibility index (Phi) is 46.4. The van der Waals surface area contributed by atoms with E-state index in [4.69, 9.17) is 5.26 Å². The summed E-state index contributed by atoms with van der Waals surface area (Å²) in [5.41, 5.74) is 2.87. The molecule has 0 spiro atoms. The molecule has 3 aromatic rings. The topological polar surface area (TPSA) is 23.8 Å². The molecular formula is C22H19NW4Y-6. The standard InChI is InChI=1S/C7H4N.2C7H6.CH3.4W.Y/c8-6-7-4-2-1-3-5-7;2*1-7-5-3-2-4-6-7;;;;;;/h1-4H;2*2-3,6H,1H3;1H3;;;;;/q-1;2*-2;-1;;;;;. The molecule has 0 bridgehead atoms. The summed E-state index contributed by atoms with van der Waals surface area (Å²) in [4.78, 5) is 0. The predicted molar refractivity (Wildman–Crippen MR) is 94.1 cm³/mol. The van der Waals surface area contributed by atoms with Gasteiger partial charge in [0.1, 0.15) is 0 Å². The van der Waals surface area contributed by atoms with Gasteiger partial charge in [-0.3, -0.25) is 52.8 Å². The Morgan fingerprint density at radius 3 is 1.36 bits per heavy atom. The van der Waals surface area contributed by atoms with Crippen molar-refractivity contribution in [2.24, 2.45) is 0 Å². The maximum Gasteiger partial charge on any atom is 0 e. The molecule has 0 N–H and O–H groups in total. The van der Waals surface area contributed by atoms with Gasteiger partial charge in [-0.05, 0) is 6.07 Å². The third kappa shape index (κ3) is 25.0. The normalized spacial score (nSPS) is 6.61. The quantitative estimate of drug-likeness (QED) is 0.292. The third-order valence-electron chi connectivity index (χ3n) is 2.41. The van der Waals surface area contributed by atoms with Crippen molar-refractivity contribution in [3.05, 3.63) is 115 Å². The average Bonchev–Trinajstić information content (AvgIpc) is 2.58. The van der Waals surface area contributed by atoms with E-state index in [9.17, 15) is 0 Å². The molecule has 0 aliphatic heterocycles. The third-order valence-corrected chi connectivity index (χ3v) is 2.41. The number of nitriles is 1. The van der Waals surface area contributed by atoms with Gasteiger partial charge in [0.05, 0.1) is 0 Å². The molecule has 0 aliphatic carbocycles. The first-order valence-electron chi connectivity index (χ1n) is 6.78. The largest absolute Gasteiger partial charge is 0.358 e. The smallest absolute Gasteiger partial charge is 0 e. The summed E-state index contributed by atoms with van der Waals surface area (Å²) in [6, 6.07) is 34.9. The number of hydrogen-bond donors (Lipinski definition) is 0. The average molecular weight is 1120 g/mol. The molecule has 28 heavy (non-hydrogen) atoms. The van der Waals surface area contributed by atoms with Crippen molar-refractivity contribution in [3.63, 3.8) is 0 Å². The van der Waals surface area contributed by atoms with Gasteiger partial charge < -0.3 is 31.7 Å². The number of rotatable bonds is 0. The van der Waals surface area contributed by atoms with E-state index in [1.807, 2.05) is 68.4 Å². The van der Waals surface area contributed by atoms with Crippen LogP contribution >= 0.6 is 0 Å². The second-order valence-corrected chi connectivity index (χ2v) is 4.33. The van der Waals surface area contributed by atoms with Gasteiger partial charge in [-0.15, -0.1) is 44.2 Å². The molecule has 0 aromatic heterocycles. The minimum atomic E-state index is 0. The summed E-state index contributed by atoms with van der Waals surface area (Å²) in [6.45, 7) is 3.99. The summed E-state index contributed by atoms with van der Waals surface area (Å²) in [6.07, 6.45) is 0. The van der Waals surface area contributed by atoms with E-state index in [1.165, 1.54) is 0 Å². The zero-order valence-corrected chi connectivity index (χ0v) is 30.5. The molecule has 0 heterocycles. The number of benzene rings is 3. The second-order valence-electron chi connectivity index (χ2n) is 4.33. The molecule has 1 radical (unpaired) electrons. The van der Waals surface area contributed by atoms with Crippen LogP contribution in [-0.2, 0) is 117 Å². The Bertz CT molecular complexity index is 638. The van der Waals surface area contributed by atoms with Crippen LogP contribution in [0.15, 0.2) is 60.7 Å². The zero-order chi connectivity index (χ0) is 16.0. The van der Waals surface area contributed by atoms with E-state index in [0.717, 1.165) is 11.1 Å². The van der Waals surface area contributed by atoms with Gasteiger partial charge in [0, 0.05) is 117 Å². The van der Waals surface area contributed by atoms with Crippen LogP contribution in [0.3, 0.4) is 0 Å². The van der Waals surface area contributed by atoms with Crippen LogP contribution in [0, 0.1) is 62.9 Å². The van der Waals surface area contributed by atoms with Crippen molar-refractivity contribution >= 4 is 0 Å². The Balaban J connectivity index is -0.0000000587.